The van der Waals surface area contributed by atoms with Crippen LogP contribution in [0.5, 0.6) is 23.0 Å². The van der Waals surface area contributed by atoms with Crippen molar-refractivity contribution in [3.63, 3.8) is 0 Å². The average Bonchev–Trinajstić information content (AvgIpc) is 3.06. The lowest BCUT2D eigenvalue weighted by molar-refractivity contribution is -0.268. The van der Waals surface area contributed by atoms with Crippen molar-refractivity contribution in [3.05, 3.63) is 53.1 Å². The van der Waals surface area contributed by atoms with Crippen LogP contribution in [-0.4, -0.2) is 108 Å². The third-order valence-electron chi connectivity index (χ3n) is 6.96. The quantitative estimate of drug-likeness (QED) is 0.202. The van der Waals surface area contributed by atoms with Crippen molar-refractivity contribution in [1.29, 1.82) is 0 Å². The lowest BCUT2D eigenvalue weighted by Crippen LogP contribution is -2.58. The van der Waals surface area contributed by atoms with Crippen molar-refractivity contribution in [2.75, 3.05) is 6.61 Å². The second kappa shape index (κ2) is 10.8. The van der Waals surface area contributed by atoms with Crippen LogP contribution in [0.3, 0.4) is 0 Å². The Morgan fingerprint density at radius 2 is 1.55 bits per heavy atom. The van der Waals surface area contributed by atoms with E-state index in [4.69, 9.17) is 24.0 Å². The highest BCUT2D eigenvalue weighted by Gasteiger charge is 2.46. The molecule has 40 heavy (non-hydrogen) atoms. The number of aromatic hydroxyl groups is 2. The van der Waals surface area contributed by atoms with Gasteiger partial charge in [0.05, 0.1) is 18.3 Å². The minimum atomic E-state index is -1.78. The SMILES string of the molecule is C[C@H]1O[C@@H](Oc2cc(O)c3c(c2)OOC(c2ccc(O)cc2)=C([C@@H]2OC[C@H](O)[C@H](O)[C@H]2O)C3=O)[C@H](O)[C@H](O)[C@H]1O. The molecule has 0 aromatic heterocycles. The summed E-state index contributed by atoms with van der Waals surface area (Å²) in [6.07, 6.45) is -13.4. The van der Waals surface area contributed by atoms with Gasteiger partial charge in [-0.1, -0.05) is 0 Å². The summed E-state index contributed by atoms with van der Waals surface area (Å²) in [4.78, 5) is 24.8. The number of benzene rings is 2. The summed E-state index contributed by atoms with van der Waals surface area (Å²) in [5.74, 6) is -2.48. The second-order valence-corrected chi connectivity index (χ2v) is 9.70. The number of ketones is 1. The molecule has 0 saturated carbocycles. The van der Waals surface area contributed by atoms with Crippen LogP contribution in [-0.2, 0) is 14.4 Å². The molecule has 0 bridgehead atoms. The molecular weight excluding hydrogens is 536 g/mol. The van der Waals surface area contributed by atoms with Gasteiger partial charge in [-0.2, -0.15) is 0 Å². The van der Waals surface area contributed by atoms with E-state index in [0.29, 0.717) is 0 Å². The molecule has 2 fully saturated rings. The number of hydrogen-bond acceptors (Lipinski definition) is 14. The highest BCUT2D eigenvalue weighted by Crippen LogP contribution is 2.42. The molecule has 216 valence electrons. The first-order valence-corrected chi connectivity index (χ1v) is 12.3. The van der Waals surface area contributed by atoms with Gasteiger partial charge in [0.1, 0.15) is 65.5 Å². The van der Waals surface area contributed by atoms with Gasteiger partial charge in [-0.3, -0.25) is 14.6 Å². The number of hydrogen-bond donors (Lipinski definition) is 8. The van der Waals surface area contributed by atoms with Gasteiger partial charge in [0.15, 0.2) is 11.5 Å². The highest BCUT2D eigenvalue weighted by atomic mass is 17.2. The number of aliphatic hydroxyl groups excluding tert-OH is 6. The first-order chi connectivity index (χ1) is 19.0. The molecule has 3 aliphatic rings. The number of phenolic OH excluding ortho intramolecular Hbond substituents is 2. The number of rotatable bonds is 4. The predicted molar refractivity (Wildman–Crippen MR) is 130 cm³/mol. The maximum Gasteiger partial charge on any atom is 0.229 e. The van der Waals surface area contributed by atoms with E-state index >= 15 is 0 Å². The Morgan fingerprint density at radius 3 is 2.25 bits per heavy atom. The van der Waals surface area contributed by atoms with E-state index in [0.717, 1.165) is 12.1 Å². The van der Waals surface area contributed by atoms with Crippen molar-refractivity contribution in [3.8, 4) is 23.0 Å². The molecule has 2 aromatic rings. The predicted octanol–water partition coefficient (Wildman–Crippen LogP) is -1.30. The Kier molecular flexibility index (Phi) is 7.60. The largest absolute Gasteiger partial charge is 0.508 e. The molecule has 2 saturated heterocycles. The van der Waals surface area contributed by atoms with E-state index < -0.39 is 78.8 Å². The summed E-state index contributed by atoms with van der Waals surface area (Å²) in [5.41, 5.74) is -0.591. The van der Waals surface area contributed by atoms with Crippen molar-refractivity contribution >= 4 is 11.5 Å². The van der Waals surface area contributed by atoms with E-state index in [2.05, 4.69) is 0 Å². The van der Waals surface area contributed by atoms with Crippen LogP contribution in [0, 0.1) is 0 Å². The number of ether oxygens (including phenoxy) is 3. The fourth-order valence-electron chi connectivity index (χ4n) is 4.69. The van der Waals surface area contributed by atoms with Crippen molar-refractivity contribution in [1.82, 2.24) is 0 Å². The molecule has 14 heteroatoms. The van der Waals surface area contributed by atoms with Crippen LogP contribution in [0.1, 0.15) is 22.8 Å². The molecule has 3 aliphatic heterocycles. The summed E-state index contributed by atoms with van der Waals surface area (Å²) < 4.78 is 16.5. The first-order valence-electron chi connectivity index (χ1n) is 12.3. The average molecular weight is 564 g/mol. The standard InChI is InChI=1S/C26H28O14/c1-9-18(30)21(33)23(35)26(37-9)38-12-6-13(28)16-15(7-12)39-40-24(10-2-4-11(27)5-3-10)17(20(16)32)25-22(34)19(31)14(29)8-36-25/h2-7,9,14,18-19,21-23,25-31,33-35H,8H2,1H3/t9-,14+,18+,19+,21-,22-,23-,25+,26+/m1/s1. The third-order valence-corrected chi connectivity index (χ3v) is 6.96. The van der Waals surface area contributed by atoms with Crippen LogP contribution in [0.2, 0.25) is 0 Å². The summed E-state index contributed by atoms with van der Waals surface area (Å²) in [5, 5.41) is 81.7. The molecule has 14 nitrogen and oxygen atoms in total. The Hall–Kier alpha value is -3.47. The van der Waals surface area contributed by atoms with Gasteiger partial charge < -0.3 is 55.1 Å². The summed E-state index contributed by atoms with van der Waals surface area (Å²) in [6, 6.07) is 7.52. The number of Topliss-reactive ketones (excluding diaryl/α,β-unsaturated/α-hetero) is 1. The van der Waals surface area contributed by atoms with E-state index in [1.807, 2.05) is 0 Å². The van der Waals surface area contributed by atoms with E-state index in [1.165, 1.54) is 31.2 Å². The molecular formula is C26H28O14. The van der Waals surface area contributed by atoms with Crippen LogP contribution in [0.15, 0.2) is 42.0 Å². The number of fused-ring (bicyclic) bond motifs is 1. The van der Waals surface area contributed by atoms with E-state index in [9.17, 15) is 45.6 Å². The molecule has 0 radical (unpaired) electrons. The third kappa shape index (κ3) is 4.95. The minimum absolute atomic E-state index is 0.0962. The number of phenols is 2. The molecule has 0 amide bonds. The zero-order valence-corrected chi connectivity index (χ0v) is 20.9. The maximum absolute atomic E-state index is 13.9. The molecule has 9 atom stereocenters. The first kappa shape index (κ1) is 28.1. The molecule has 0 spiro atoms. The normalized spacial score (nSPS) is 34.4. The van der Waals surface area contributed by atoms with Gasteiger partial charge in [-0.05, 0) is 31.2 Å². The van der Waals surface area contributed by atoms with Crippen LogP contribution >= 0.6 is 0 Å². The Morgan fingerprint density at radius 1 is 0.850 bits per heavy atom. The fourth-order valence-corrected chi connectivity index (χ4v) is 4.69. The molecule has 0 unspecified atom stereocenters. The van der Waals surface area contributed by atoms with Gasteiger partial charge in [0.25, 0.3) is 0 Å². The Bertz CT molecular complexity index is 1290. The molecule has 2 aromatic carbocycles. The summed E-state index contributed by atoms with van der Waals surface area (Å²) in [7, 11) is 0. The monoisotopic (exact) mass is 564 g/mol. The van der Waals surface area contributed by atoms with Crippen LogP contribution < -0.4 is 9.62 Å². The van der Waals surface area contributed by atoms with E-state index in [1.54, 1.807) is 0 Å². The van der Waals surface area contributed by atoms with Gasteiger partial charge in [0.2, 0.25) is 12.1 Å². The second-order valence-electron chi connectivity index (χ2n) is 9.70. The number of carbonyl (C=O) groups excluding carboxylic acids is 1. The molecule has 8 N–H and O–H groups in total. The molecule has 5 rings (SSSR count). The van der Waals surface area contributed by atoms with Gasteiger partial charge in [0, 0.05) is 17.7 Å². The zero-order valence-electron chi connectivity index (χ0n) is 20.9. The van der Waals surface area contributed by atoms with Gasteiger partial charge in [-0.15, -0.1) is 0 Å². The van der Waals surface area contributed by atoms with Gasteiger partial charge >= 0.3 is 0 Å². The lowest BCUT2D eigenvalue weighted by Gasteiger charge is -2.38. The fraction of sp³-hybridized carbons (Fsp3) is 0.423. The topological polar surface area (TPSA) is 225 Å². The van der Waals surface area contributed by atoms with E-state index in [-0.39, 0.29) is 34.1 Å². The smallest absolute Gasteiger partial charge is 0.229 e. The van der Waals surface area contributed by atoms with Gasteiger partial charge in [-0.25, -0.2) is 0 Å². The number of aliphatic hydroxyl groups is 6. The molecule has 0 aliphatic carbocycles. The summed E-state index contributed by atoms with van der Waals surface area (Å²) in [6.45, 7) is 1.02. The Balaban J connectivity index is 1.53. The lowest BCUT2D eigenvalue weighted by atomic mass is 9.87. The van der Waals surface area contributed by atoms with Crippen LogP contribution in [0.4, 0.5) is 0 Å². The van der Waals surface area contributed by atoms with Crippen LogP contribution in [0.25, 0.3) is 5.76 Å². The number of carbonyl (C=O) groups is 1. The van der Waals surface area contributed by atoms with Crippen molar-refractivity contribution in [2.45, 2.75) is 62.0 Å². The van der Waals surface area contributed by atoms with Crippen molar-refractivity contribution < 1.29 is 69.6 Å². The Labute approximate surface area is 226 Å². The summed E-state index contributed by atoms with van der Waals surface area (Å²) >= 11 is 0. The minimum Gasteiger partial charge on any atom is -0.508 e. The maximum atomic E-state index is 13.9. The highest BCUT2D eigenvalue weighted by molar-refractivity contribution is 6.16. The molecule has 3 heterocycles. The van der Waals surface area contributed by atoms with Crippen molar-refractivity contribution in [2.24, 2.45) is 0 Å². The zero-order chi connectivity index (χ0) is 28.9.